The van der Waals surface area contributed by atoms with Crippen molar-refractivity contribution in [1.29, 1.82) is 0 Å². The first kappa shape index (κ1) is 23.1. The summed E-state index contributed by atoms with van der Waals surface area (Å²) in [6.07, 6.45) is 4.36. The minimum absolute atomic E-state index is 0.0131. The fourth-order valence-electron chi connectivity index (χ4n) is 4.08. The number of nitrogens with zero attached hydrogens (tertiary/aromatic N) is 3. The second-order valence-corrected chi connectivity index (χ2v) is 8.56. The normalized spacial score (nSPS) is 13.2. The molecule has 2 atom stereocenters. The zero-order valence-electron chi connectivity index (χ0n) is 18.7. The summed E-state index contributed by atoms with van der Waals surface area (Å²) in [6.45, 7) is -0.309. The van der Waals surface area contributed by atoms with Crippen molar-refractivity contribution in [3.05, 3.63) is 77.5 Å². The molecule has 0 unspecified atom stereocenters. The molecule has 0 radical (unpaired) electrons. The zero-order chi connectivity index (χ0) is 24.2. The number of nitrogens with one attached hydrogen (secondary N) is 2. The van der Waals surface area contributed by atoms with Crippen LogP contribution in [0.1, 0.15) is 11.1 Å². The molecule has 5 rings (SSSR count). The number of rotatable bonds is 10. The van der Waals surface area contributed by atoms with Crippen LogP contribution in [0.25, 0.3) is 21.9 Å². The van der Waals surface area contributed by atoms with Crippen molar-refractivity contribution < 1.29 is 19.0 Å². The van der Waals surface area contributed by atoms with Crippen LogP contribution in [0.2, 0.25) is 5.28 Å². The molecule has 0 amide bonds. The zero-order valence-corrected chi connectivity index (χ0v) is 19.4. The molecule has 2 aromatic carbocycles. The molecule has 0 saturated carbocycles. The standard InChI is InChI=1S/C25H24ClN5O4/c26-23-29-24(27-17(11-32)9-15-13-34-21-7-3-1-5-19(15)21)31-25(30-23)28-18(12-33)10-16-14-35-22-8-4-2-6-20(16)22/h1-8,13-14,17-18,32-33H,9-12H2,(H2,27,28,29,30,31)/t17-,18-/m0/s1. The van der Waals surface area contributed by atoms with Crippen LogP contribution in [-0.4, -0.2) is 50.5 Å². The van der Waals surface area contributed by atoms with E-state index < -0.39 is 0 Å². The molecule has 0 aliphatic carbocycles. The summed E-state index contributed by atoms with van der Waals surface area (Å²) in [6, 6.07) is 14.7. The Morgan fingerprint density at radius 1 is 0.714 bits per heavy atom. The molecule has 0 bridgehead atoms. The van der Waals surface area contributed by atoms with E-state index in [0.717, 1.165) is 33.1 Å². The summed E-state index contributed by atoms with van der Waals surface area (Å²) in [5.74, 6) is 0.426. The number of hydrogen-bond donors (Lipinski definition) is 4. The van der Waals surface area contributed by atoms with Gasteiger partial charge in [0.25, 0.3) is 0 Å². The number of aromatic nitrogens is 3. The van der Waals surface area contributed by atoms with Gasteiger partial charge < -0.3 is 29.7 Å². The molecular weight excluding hydrogens is 470 g/mol. The first-order valence-electron chi connectivity index (χ1n) is 11.2. The largest absolute Gasteiger partial charge is 0.464 e. The lowest BCUT2D eigenvalue weighted by molar-refractivity contribution is 0.273. The van der Waals surface area contributed by atoms with E-state index in [9.17, 15) is 10.2 Å². The molecule has 5 aromatic rings. The van der Waals surface area contributed by atoms with Gasteiger partial charge in [-0.15, -0.1) is 0 Å². The summed E-state index contributed by atoms with van der Waals surface area (Å²) in [7, 11) is 0. The number of aliphatic hydroxyl groups is 2. The van der Waals surface area contributed by atoms with E-state index in [1.165, 1.54) is 0 Å². The third-order valence-electron chi connectivity index (χ3n) is 5.77. The average molecular weight is 494 g/mol. The fourth-order valence-corrected chi connectivity index (χ4v) is 4.24. The lowest BCUT2D eigenvalue weighted by atomic mass is 10.1. The first-order chi connectivity index (χ1) is 17.1. The highest BCUT2D eigenvalue weighted by molar-refractivity contribution is 6.28. The van der Waals surface area contributed by atoms with Gasteiger partial charge in [-0.2, -0.15) is 15.0 Å². The summed E-state index contributed by atoms with van der Waals surface area (Å²) in [4.78, 5) is 12.7. The maximum absolute atomic E-state index is 9.96. The Morgan fingerprint density at radius 2 is 1.17 bits per heavy atom. The summed E-state index contributed by atoms with van der Waals surface area (Å²) in [5.41, 5.74) is 3.49. The first-order valence-corrected chi connectivity index (χ1v) is 11.6. The molecule has 0 aliphatic heterocycles. The van der Waals surface area contributed by atoms with E-state index >= 15 is 0 Å². The Bertz CT molecular complexity index is 1330. The van der Waals surface area contributed by atoms with Gasteiger partial charge >= 0.3 is 0 Å². The lowest BCUT2D eigenvalue weighted by Gasteiger charge is -2.18. The molecule has 3 aromatic heterocycles. The monoisotopic (exact) mass is 493 g/mol. The Balaban J connectivity index is 1.30. The van der Waals surface area contributed by atoms with Crippen molar-refractivity contribution in [1.82, 2.24) is 15.0 Å². The maximum Gasteiger partial charge on any atom is 0.229 e. The average Bonchev–Trinajstić information content (AvgIpc) is 3.47. The lowest BCUT2D eigenvalue weighted by Crippen LogP contribution is -2.29. The molecule has 3 heterocycles. The molecule has 0 spiro atoms. The van der Waals surface area contributed by atoms with Crippen molar-refractivity contribution in [3.8, 4) is 0 Å². The van der Waals surface area contributed by atoms with Crippen LogP contribution in [0.15, 0.2) is 69.9 Å². The van der Waals surface area contributed by atoms with E-state index in [0.29, 0.717) is 12.8 Å². The van der Waals surface area contributed by atoms with Gasteiger partial charge in [0.2, 0.25) is 17.2 Å². The molecule has 9 nitrogen and oxygen atoms in total. The number of hydrogen-bond acceptors (Lipinski definition) is 9. The summed E-state index contributed by atoms with van der Waals surface area (Å²) < 4.78 is 11.2. The van der Waals surface area contributed by atoms with Gasteiger partial charge in [0.15, 0.2) is 0 Å². The number of furan rings is 2. The molecule has 0 aliphatic rings. The van der Waals surface area contributed by atoms with Gasteiger partial charge in [-0.1, -0.05) is 36.4 Å². The SMILES string of the molecule is OC[C@H](Cc1coc2ccccc12)Nc1nc(Cl)nc(N[C@H](CO)Cc2coc3ccccc23)n1. The van der Waals surface area contributed by atoms with Crippen LogP contribution in [-0.2, 0) is 12.8 Å². The van der Waals surface area contributed by atoms with Gasteiger partial charge in [-0.25, -0.2) is 0 Å². The second-order valence-electron chi connectivity index (χ2n) is 8.22. The molecule has 4 N–H and O–H groups in total. The number of para-hydroxylation sites is 2. The molecule has 0 fully saturated rings. The van der Waals surface area contributed by atoms with Gasteiger partial charge in [0.05, 0.1) is 37.8 Å². The molecule has 35 heavy (non-hydrogen) atoms. The maximum atomic E-state index is 9.96. The summed E-state index contributed by atoms with van der Waals surface area (Å²) in [5, 5.41) is 28.1. The van der Waals surface area contributed by atoms with Crippen molar-refractivity contribution in [2.24, 2.45) is 0 Å². The Labute approximate surface area is 205 Å². The van der Waals surface area contributed by atoms with Crippen LogP contribution in [0, 0.1) is 0 Å². The van der Waals surface area contributed by atoms with E-state index in [-0.39, 0.29) is 42.5 Å². The van der Waals surface area contributed by atoms with Crippen molar-refractivity contribution >= 4 is 45.4 Å². The predicted octanol–water partition coefficient (Wildman–Crippen LogP) is 4.05. The van der Waals surface area contributed by atoms with E-state index in [1.54, 1.807) is 12.5 Å². The van der Waals surface area contributed by atoms with Gasteiger partial charge in [-0.05, 0) is 36.6 Å². The van der Waals surface area contributed by atoms with E-state index in [4.69, 9.17) is 20.4 Å². The Kier molecular flexibility index (Phi) is 6.80. The van der Waals surface area contributed by atoms with Crippen LogP contribution in [0.3, 0.4) is 0 Å². The van der Waals surface area contributed by atoms with Gasteiger partial charge in [-0.3, -0.25) is 0 Å². The van der Waals surface area contributed by atoms with Crippen molar-refractivity contribution in [3.63, 3.8) is 0 Å². The third kappa shape index (κ3) is 5.22. The van der Waals surface area contributed by atoms with E-state index in [2.05, 4.69) is 25.6 Å². The minimum Gasteiger partial charge on any atom is -0.464 e. The molecule has 180 valence electrons. The van der Waals surface area contributed by atoms with Crippen LogP contribution >= 0.6 is 11.6 Å². The highest BCUT2D eigenvalue weighted by Gasteiger charge is 2.18. The number of halogens is 1. The van der Waals surface area contributed by atoms with E-state index in [1.807, 2.05) is 48.5 Å². The van der Waals surface area contributed by atoms with Crippen LogP contribution in [0.4, 0.5) is 11.9 Å². The fraction of sp³-hybridized carbons (Fsp3) is 0.240. The Hall–Kier alpha value is -3.66. The Morgan fingerprint density at radius 3 is 1.63 bits per heavy atom. The second kappa shape index (κ2) is 10.3. The van der Waals surface area contributed by atoms with Crippen LogP contribution in [0.5, 0.6) is 0 Å². The van der Waals surface area contributed by atoms with Gasteiger partial charge in [0, 0.05) is 21.9 Å². The number of aliphatic hydroxyl groups excluding tert-OH is 2. The number of benzene rings is 2. The topological polar surface area (TPSA) is 129 Å². The predicted molar refractivity (Wildman–Crippen MR) is 134 cm³/mol. The third-order valence-corrected chi connectivity index (χ3v) is 5.94. The molecule has 0 saturated heterocycles. The summed E-state index contributed by atoms with van der Waals surface area (Å²) >= 11 is 6.15. The molecular formula is C25H24ClN5O4. The van der Waals surface area contributed by atoms with Gasteiger partial charge in [0.1, 0.15) is 11.2 Å². The highest BCUT2D eigenvalue weighted by Crippen LogP contribution is 2.24. The highest BCUT2D eigenvalue weighted by atomic mass is 35.5. The van der Waals surface area contributed by atoms with Crippen LogP contribution < -0.4 is 10.6 Å². The van der Waals surface area contributed by atoms with Crippen molar-refractivity contribution in [2.45, 2.75) is 24.9 Å². The number of anilines is 2. The van der Waals surface area contributed by atoms with Crippen molar-refractivity contribution in [2.75, 3.05) is 23.8 Å². The quantitative estimate of drug-likeness (QED) is 0.227. The number of fused-ring (bicyclic) bond motifs is 2. The smallest absolute Gasteiger partial charge is 0.229 e. The minimum atomic E-state index is -0.381. The molecule has 10 heteroatoms.